The van der Waals surface area contributed by atoms with Gasteiger partial charge in [-0.25, -0.2) is 4.98 Å². The molecule has 1 atom stereocenters. The Kier molecular flexibility index (Phi) is 3.60. The van der Waals surface area contributed by atoms with Crippen LogP contribution in [0.2, 0.25) is 0 Å². The van der Waals surface area contributed by atoms with Gasteiger partial charge in [0, 0.05) is 28.4 Å². The minimum Gasteiger partial charge on any atom is -0.287 e. The molecule has 1 aliphatic rings. The molecule has 2 aromatic rings. The largest absolute Gasteiger partial charge is 0.287 e. The zero-order chi connectivity index (χ0) is 13.4. The normalized spacial score (nSPS) is 19.2. The van der Waals surface area contributed by atoms with Gasteiger partial charge < -0.3 is 0 Å². The van der Waals surface area contributed by atoms with Crippen LogP contribution in [0.5, 0.6) is 0 Å². The fourth-order valence-corrected chi connectivity index (χ4v) is 3.39. The van der Waals surface area contributed by atoms with Crippen LogP contribution in [0.1, 0.15) is 6.42 Å². The Hall–Kier alpha value is -0.910. The van der Waals surface area contributed by atoms with E-state index in [4.69, 9.17) is 11.6 Å². The second-order valence-corrected chi connectivity index (χ2v) is 6.70. The van der Waals surface area contributed by atoms with Gasteiger partial charge in [-0.3, -0.25) is 9.69 Å². The van der Waals surface area contributed by atoms with Gasteiger partial charge in [-0.2, -0.15) is 0 Å². The highest BCUT2D eigenvalue weighted by atomic mass is 79.9. The number of carbonyl (C=O) groups excluding carboxylic acids is 1. The fourth-order valence-electron chi connectivity index (χ4n) is 1.99. The predicted molar refractivity (Wildman–Crippen MR) is 81.9 cm³/mol. The summed E-state index contributed by atoms with van der Waals surface area (Å²) in [7, 11) is 0. The van der Waals surface area contributed by atoms with E-state index in [0.717, 1.165) is 20.9 Å². The number of halogens is 2. The third-order valence-electron chi connectivity index (χ3n) is 2.94. The number of hydrogen-bond donors (Lipinski definition) is 0. The molecule has 1 saturated heterocycles. The third kappa shape index (κ3) is 2.68. The van der Waals surface area contributed by atoms with Crippen molar-refractivity contribution in [2.45, 2.75) is 11.8 Å². The molecule has 1 aliphatic heterocycles. The molecule has 98 valence electrons. The molecule has 19 heavy (non-hydrogen) atoms. The van der Waals surface area contributed by atoms with Crippen LogP contribution in [0, 0.1) is 0 Å². The quantitative estimate of drug-likeness (QED) is 0.763. The summed E-state index contributed by atoms with van der Waals surface area (Å²) < 4.78 is 1.03. The molecule has 1 aromatic carbocycles. The molecule has 0 saturated carbocycles. The first-order valence-corrected chi connectivity index (χ1v) is 7.90. The zero-order valence-electron chi connectivity index (χ0n) is 9.85. The van der Waals surface area contributed by atoms with Gasteiger partial charge in [0.25, 0.3) is 0 Å². The highest BCUT2D eigenvalue weighted by Crippen LogP contribution is 2.31. The van der Waals surface area contributed by atoms with Gasteiger partial charge in [0.05, 0.1) is 11.1 Å². The average molecular weight is 358 g/mol. The van der Waals surface area contributed by atoms with E-state index in [1.807, 2.05) is 29.6 Å². The molecule has 1 amide bonds. The van der Waals surface area contributed by atoms with Gasteiger partial charge in [-0.1, -0.05) is 28.1 Å². The summed E-state index contributed by atoms with van der Waals surface area (Å²) in [6.45, 7) is 0.549. The first kappa shape index (κ1) is 13.1. The van der Waals surface area contributed by atoms with Gasteiger partial charge in [0.1, 0.15) is 0 Å². The minimum atomic E-state index is -0.104. The number of carbonyl (C=O) groups is 1. The lowest BCUT2D eigenvalue weighted by Gasteiger charge is -2.10. The van der Waals surface area contributed by atoms with Crippen LogP contribution >= 0.6 is 38.9 Å². The Balaban J connectivity index is 1.87. The van der Waals surface area contributed by atoms with Crippen molar-refractivity contribution < 1.29 is 4.79 Å². The second kappa shape index (κ2) is 5.23. The summed E-state index contributed by atoms with van der Waals surface area (Å²) in [5, 5.41) is 2.59. The Morgan fingerprint density at radius 1 is 1.37 bits per heavy atom. The van der Waals surface area contributed by atoms with Gasteiger partial charge in [-0.15, -0.1) is 22.9 Å². The van der Waals surface area contributed by atoms with E-state index in [1.165, 1.54) is 11.3 Å². The van der Waals surface area contributed by atoms with Crippen LogP contribution in [-0.2, 0) is 4.79 Å². The number of hydrogen-bond acceptors (Lipinski definition) is 3. The molecule has 3 rings (SSSR count). The van der Waals surface area contributed by atoms with Gasteiger partial charge >= 0.3 is 0 Å². The standard InChI is InChI=1S/C13H10BrClN2OS/c14-9-3-1-8(2-4-9)11-7-19-13(16-11)17-6-10(15)5-12(17)18/h1-4,7,10H,5-6H2. The van der Waals surface area contributed by atoms with Crippen molar-refractivity contribution in [1.29, 1.82) is 0 Å². The summed E-state index contributed by atoms with van der Waals surface area (Å²) in [5.74, 6) is 0.0525. The Morgan fingerprint density at radius 2 is 2.11 bits per heavy atom. The van der Waals surface area contributed by atoms with Crippen molar-refractivity contribution >= 4 is 49.9 Å². The number of amides is 1. The van der Waals surface area contributed by atoms with Crippen LogP contribution in [0.25, 0.3) is 11.3 Å². The maximum Gasteiger partial charge on any atom is 0.230 e. The summed E-state index contributed by atoms with van der Waals surface area (Å²) in [5.41, 5.74) is 1.93. The van der Waals surface area contributed by atoms with Gasteiger partial charge in [0.2, 0.25) is 5.91 Å². The molecule has 0 N–H and O–H groups in total. The smallest absolute Gasteiger partial charge is 0.230 e. The first-order chi connectivity index (χ1) is 9.13. The van der Waals surface area contributed by atoms with Crippen LogP contribution in [0.4, 0.5) is 5.13 Å². The van der Waals surface area contributed by atoms with E-state index in [1.54, 1.807) is 4.90 Å². The van der Waals surface area contributed by atoms with Crippen molar-refractivity contribution in [2.24, 2.45) is 0 Å². The molecule has 0 spiro atoms. The summed E-state index contributed by atoms with van der Waals surface area (Å²) in [6, 6.07) is 7.95. The molecule has 1 fully saturated rings. The van der Waals surface area contributed by atoms with Crippen LogP contribution in [0.3, 0.4) is 0 Å². The average Bonchev–Trinajstić information content (AvgIpc) is 2.97. The van der Waals surface area contributed by atoms with Crippen molar-refractivity contribution in [2.75, 3.05) is 11.4 Å². The molecule has 6 heteroatoms. The van der Waals surface area contributed by atoms with Gasteiger partial charge in [-0.05, 0) is 12.1 Å². The number of anilines is 1. The minimum absolute atomic E-state index is 0.0525. The number of nitrogens with zero attached hydrogens (tertiary/aromatic N) is 2. The summed E-state index contributed by atoms with van der Waals surface area (Å²) in [6.07, 6.45) is 0.398. The van der Waals surface area contributed by atoms with E-state index >= 15 is 0 Å². The number of thiazole rings is 1. The van der Waals surface area contributed by atoms with Crippen molar-refractivity contribution in [3.63, 3.8) is 0 Å². The highest BCUT2D eigenvalue weighted by Gasteiger charge is 2.30. The monoisotopic (exact) mass is 356 g/mol. The van der Waals surface area contributed by atoms with Crippen LogP contribution in [-0.4, -0.2) is 22.8 Å². The Bertz CT molecular complexity index is 613. The lowest BCUT2D eigenvalue weighted by molar-refractivity contribution is -0.117. The van der Waals surface area contributed by atoms with E-state index in [-0.39, 0.29) is 11.3 Å². The second-order valence-electron chi connectivity index (χ2n) is 4.33. The topological polar surface area (TPSA) is 33.2 Å². The molecule has 0 radical (unpaired) electrons. The number of aromatic nitrogens is 1. The first-order valence-electron chi connectivity index (χ1n) is 5.79. The predicted octanol–water partition coefficient (Wildman–Crippen LogP) is 3.92. The Morgan fingerprint density at radius 3 is 2.74 bits per heavy atom. The number of benzene rings is 1. The molecule has 1 aromatic heterocycles. The Labute approximate surface area is 128 Å². The summed E-state index contributed by atoms with van der Waals surface area (Å²) >= 11 is 10.9. The van der Waals surface area contributed by atoms with E-state index in [9.17, 15) is 4.79 Å². The number of alkyl halides is 1. The fraction of sp³-hybridized carbons (Fsp3) is 0.231. The third-order valence-corrected chi connectivity index (χ3v) is 4.63. The van der Waals surface area contributed by atoms with Gasteiger partial charge in [0.15, 0.2) is 5.13 Å². The molecule has 1 unspecified atom stereocenters. The maximum absolute atomic E-state index is 11.8. The van der Waals surface area contributed by atoms with Crippen molar-refractivity contribution in [3.8, 4) is 11.3 Å². The molecular weight excluding hydrogens is 348 g/mol. The number of rotatable bonds is 2. The molecule has 0 aliphatic carbocycles. The van der Waals surface area contributed by atoms with Crippen LogP contribution < -0.4 is 4.90 Å². The van der Waals surface area contributed by atoms with Crippen LogP contribution in [0.15, 0.2) is 34.1 Å². The summed E-state index contributed by atoms with van der Waals surface area (Å²) in [4.78, 5) is 18.0. The molecule has 0 bridgehead atoms. The maximum atomic E-state index is 11.8. The zero-order valence-corrected chi connectivity index (χ0v) is 13.0. The van der Waals surface area contributed by atoms with E-state index in [2.05, 4.69) is 20.9 Å². The lowest BCUT2D eigenvalue weighted by Crippen LogP contribution is -2.24. The highest BCUT2D eigenvalue weighted by molar-refractivity contribution is 9.10. The molecular formula is C13H10BrClN2OS. The van der Waals surface area contributed by atoms with E-state index < -0.39 is 0 Å². The molecule has 2 heterocycles. The molecule has 3 nitrogen and oxygen atoms in total. The van der Waals surface area contributed by atoms with Crippen molar-refractivity contribution in [1.82, 2.24) is 4.98 Å². The lowest BCUT2D eigenvalue weighted by atomic mass is 10.2. The van der Waals surface area contributed by atoms with Crippen molar-refractivity contribution in [3.05, 3.63) is 34.1 Å². The van der Waals surface area contributed by atoms with E-state index in [0.29, 0.717) is 13.0 Å². The SMILES string of the molecule is O=C1CC(Cl)CN1c1nc(-c2ccc(Br)cc2)cs1.